The average molecular weight is 371 g/mol. The molecule has 1 atom stereocenters. The van der Waals surface area contributed by atoms with Gasteiger partial charge in [0, 0.05) is 4.47 Å². The number of ether oxygens (including phenoxy) is 1. The molecule has 2 aromatic carbocycles. The molecule has 0 spiro atoms. The number of hydrogen-bond donors (Lipinski definition) is 1. The van der Waals surface area contributed by atoms with Crippen molar-refractivity contribution in [3.8, 4) is 5.75 Å². The summed E-state index contributed by atoms with van der Waals surface area (Å²) in [6.07, 6.45) is -0.786. The molecule has 1 aliphatic heterocycles. The third kappa shape index (κ3) is 2.63. The summed E-state index contributed by atoms with van der Waals surface area (Å²) in [4.78, 5) is 12.4. The third-order valence-electron chi connectivity index (χ3n) is 3.23. The number of rotatable bonds is 2. The normalized spacial score (nSPS) is 16.6. The van der Waals surface area contributed by atoms with Gasteiger partial charge in [0.05, 0.1) is 22.8 Å². The van der Waals surface area contributed by atoms with Gasteiger partial charge in [-0.05, 0) is 40.2 Å². The second kappa shape index (κ2) is 5.66. The maximum atomic E-state index is 14.1. The van der Waals surface area contributed by atoms with Crippen LogP contribution in [0.5, 0.6) is 5.75 Å². The second-order valence-electron chi connectivity index (χ2n) is 4.57. The molecule has 21 heavy (non-hydrogen) atoms. The van der Waals surface area contributed by atoms with Crippen molar-refractivity contribution in [1.82, 2.24) is 0 Å². The molecule has 0 saturated carbocycles. The molecular weight excluding hydrogens is 361 g/mol. The van der Waals surface area contributed by atoms with Crippen molar-refractivity contribution in [1.29, 1.82) is 0 Å². The lowest BCUT2D eigenvalue weighted by Crippen LogP contribution is -2.38. The van der Waals surface area contributed by atoms with Gasteiger partial charge in [-0.3, -0.25) is 4.79 Å². The number of anilines is 1. The Morgan fingerprint density at radius 2 is 2.10 bits per heavy atom. The average Bonchev–Trinajstić information content (AvgIpc) is 2.52. The Bertz CT molecular complexity index is 723. The number of Topliss-reactive ketones (excluding diaryl/α,β-unsaturated/α-hetero) is 1. The summed E-state index contributed by atoms with van der Waals surface area (Å²) in [7, 11) is 0. The third-order valence-corrected chi connectivity index (χ3v) is 4.49. The quantitative estimate of drug-likeness (QED) is 0.633. The van der Waals surface area contributed by atoms with E-state index >= 15 is 0 Å². The summed E-state index contributed by atoms with van der Waals surface area (Å²) in [6, 6.07) is 10.2. The Balaban J connectivity index is 1.89. The van der Waals surface area contributed by atoms with Gasteiger partial charge in [-0.25, -0.2) is 4.39 Å². The number of para-hydroxylation sites is 2. The maximum Gasteiger partial charge on any atom is 0.208 e. The Morgan fingerprint density at radius 1 is 1.33 bits per heavy atom. The van der Waals surface area contributed by atoms with Crippen LogP contribution in [0.4, 0.5) is 10.1 Å². The van der Waals surface area contributed by atoms with E-state index in [-0.39, 0.29) is 17.1 Å². The van der Waals surface area contributed by atoms with Crippen molar-refractivity contribution in [3.63, 3.8) is 0 Å². The molecule has 0 saturated heterocycles. The lowest BCUT2D eigenvalue weighted by atomic mass is 10.0. The van der Waals surface area contributed by atoms with Crippen LogP contribution in [0.2, 0.25) is 5.02 Å². The second-order valence-corrected chi connectivity index (χ2v) is 5.80. The van der Waals surface area contributed by atoms with Gasteiger partial charge in [0.1, 0.15) is 5.75 Å². The van der Waals surface area contributed by atoms with Crippen LogP contribution in [-0.2, 0) is 0 Å². The van der Waals surface area contributed by atoms with Crippen LogP contribution >= 0.6 is 27.5 Å². The predicted octanol–water partition coefficient (Wildman–Crippen LogP) is 4.30. The van der Waals surface area contributed by atoms with E-state index in [2.05, 4.69) is 21.2 Å². The topological polar surface area (TPSA) is 38.3 Å². The molecule has 1 N–H and O–H groups in total. The number of nitrogens with one attached hydrogen (secondary N) is 1. The van der Waals surface area contributed by atoms with E-state index in [9.17, 15) is 9.18 Å². The number of hydrogen-bond acceptors (Lipinski definition) is 3. The van der Waals surface area contributed by atoms with Crippen LogP contribution in [0.1, 0.15) is 10.4 Å². The zero-order valence-corrected chi connectivity index (χ0v) is 13.0. The van der Waals surface area contributed by atoms with Crippen LogP contribution in [0.25, 0.3) is 0 Å². The summed E-state index contributed by atoms with van der Waals surface area (Å²) in [5, 5.41) is 2.99. The van der Waals surface area contributed by atoms with Gasteiger partial charge in [-0.1, -0.05) is 23.7 Å². The van der Waals surface area contributed by atoms with Crippen molar-refractivity contribution >= 4 is 39.0 Å². The van der Waals surface area contributed by atoms with E-state index in [1.165, 1.54) is 6.07 Å². The van der Waals surface area contributed by atoms with Gasteiger partial charge in [0.2, 0.25) is 5.78 Å². The fourth-order valence-corrected chi connectivity index (χ4v) is 2.62. The predicted molar refractivity (Wildman–Crippen MR) is 82.8 cm³/mol. The highest BCUT2D eigenvalue weighted by Crippen LogP contribution is 2.31. The number of benzene rings is 2. The Morgan fingerprint density at radius 3 is 2.90 bits per heavy atom. The first-order chi connectivity index (χ1) is 10.1. The highest BCUT2D eigenvalue weighted by atomic mass is 79.9. The fraction of sp³-hybridized carbons (Fsp3) is 0.133. The van der Waals surface area contributed by atoms with E-state index in [0.717, 1.165) is 5.69 Å². The molecule has 1 unspecified atom stereocenters. The van der Waals surface area contributed by atoms with Crippen molar-refractivity contribution in [2.45, 2.75) is 6.10 Å². The standard InChI is InChI=1S/C15H10BrClFNO2/c16-9-6-5-8(14(18)13(9)17)15(20)12-7-19-10-3-1-2-4-11(10)21-12/h1-6,12,19H,7H2. The molecule has 0 aliphatic carbocycles. The molecular formula is C15H10BrClFNO2. The number of ketones is 1. The highest BCUT2D eigenvalue weighted by Gasteiger charge is 2.29. The van der Waals surface area contributed by atoms with E-state index < -0.39 is 17.7 Å². The number of fused-ring (bicyclic) bond motifs is 1. The van der Waals surface area contributed by atoms with Gasteiger partial charge in [0.25, 0.3) is 0 Å². The number of carbonyl (C=O) groups is 1. The van der Waals surface area contributed by atoms with Crippen LogP contribution in [0, 0.1) is 5.82 Å². The lowest BCUT2D eigenvalue weighted by molar-refractivity contribution is 0.0797. The van der Waals surface area contributed by atoms with Crippen molar-refractivity contribution in [2.75, 3.05) is 11.9 Å². The first kappa shape index (κ1) is 14.4. The summed E-state index contributed by atoms with van der Waals surface area (Å²) in [5.74, 6) is -0.604. The Labute approximate surface area is 134 Å². The van der Waals surface area contributed by atoms with Crippen LogP contribution < -0.4 is 10.1 Å². The largest absolute Gasteiger partial charge is 0.478 e. The number of carbonyl (C=O) groups excluding carboxylic acids is 1. The molecule has 0 bridgehead atoms. The van der Waals surface area contributed by atoms with Gasteiger partial charge in [-0.15, -0.1) is 0 Å². The van der Waals surface area contributed by atoms with E-state index in [1.54, 1.807) is 12.1 Å². The lowest BCUT2D eigenvalue weighted by Gasteiger charge is -2.26. The molecule has 2 aromatic rings. The maximum absolute atomic E-state index is 14.1. The zero-order valence-electron chi connectivity index (χ0n) is 10.7. The molecule has 6 heteroatoms. The smallest absolute Gasteiger partial charge is 0.208 e. The summed E-state index contributed by atoms with van der Waals surface area (Å²) in [6.45, 7) is 0.281. The summed E-state index contributed by atoms with van der Waals surface area (Å²) in [5.41, 5.74) is 0.741. The van der Waals surface area contributed by atoms with Gasteiger partial charge >= 0.3 is 0 Å². The summed E-state index contributed by atoms with van der Waals surface area (Å²) < 4.78 is 20.2. The van der Waals surface area contributed by atoms with Gasteiger partial charge in [0.15, 0.2) is 11.9 Å². The van der Waals surface area contributed by atoms with E-state index in [4.69, 9.17) is 16.3 Å². The molecule has 0 amide bonds. The molecule has 1 heterocycles. The molecule has 0 fully saturated rings. The first-order valence-corrected chi connectivity index (χ1v) is 7.42. The van der Waals surface area contributed by atoms with Crippen molar-refractivity contribution in [3.05, 3.63) is 57.3 Å². The molecule has 3 nitrogen and oxygen atoms in total. The fourth-order valence-electron chi connectivity index (χ4n) is 2.15. The minimum Gasteiger partial charge on any atom is -0.478 e. The van der Waals surface area contributed by atoms with E-state index in [1.807, 2.05) is 18.2 Å². The molecule has 3 rings (SSSR count). The van der Waals surface area contributed by atoms with Crippen molar-refractivity contribution in [2.24, 2.45) is 0 Å². The van der Waals surface area contributed by atoms with Gasteiger partial charge in [-0.2, -0.15) is 0 Å². The minimum absolute atomic E-state index is 0.0746. The molecule has 108 valence electrons. The highest BCUT2D eigenvalue weighted by molar-refractivity contribution is 9.10. The van der Waals surface area contributed by atoms with Crippen LogP contribution in [-0.4, -0.2) is 18.4 Å². The van der Waals surface area contributed by atoms with Crippen molar-refractivity contribution < 1.29 is 13.9 Å². The number of halogens is 3. The molecule has 0 aromatic heterocycles. The van der Waals surface area contributed by atoms with E-state index in [0.29, 0.717) is 10.2 Å². The first-order valence-electron chi connectivity index (χ1n) is 6.25. The Kier molecular flexibility index (Phi) is 3.87. The Hall–Kier alpha value is -1.59. The minimum atomic E-state index is -0.786. The molecule has 0 radical (unpaired) electrons. The van der Waals surface area contributed by atoms with Gasteiger partial charge < -0.3 is 10.1 Å². The summed E-state index contributed by atoms with van der Waals surface area (Å²) >= 11 is 8.94. The van der Waals surface area contributed by atoms with Crippen LogP contribution in [0.3, 0.4) is 0 Å². The molecule has 1 aliphatic rings. The SMILES string of the molecule is O=C(c1ccc(Br)c(Cl)c1F)C1CNc2ccccc2O1. The monoisotopic (exact) mass is 369 g/mol. The zero-order chi connectivity index (χ0) is 15.0. The van der Waals surface area contributed by atoms with Crippen LogP contribution in [0.15, 0.2) is 40.9 Å².